The number of benzene rings is 1. The summed E-state index contributed by atoms with van der Waals surface area (Å²) < 4.78 is 0. The largest absolute Gasteiger partial charge is 0.314 e. The summed E-state index contributed by atoms with van der Waals surface area (Å²) in [5, 5.41) is 14.7. The maximum atomic E-state index is 11.3. The molecule has 5 nitrogen and oxygen atoms in total. The molecule has 3 rings (SSSR count). The van der Waals surface area contributed by atoms with Gasteiger partial charge in [-0.1, -0.05) is 24.6 Å². The molecule has 0 spiro atoms. The number of para-hydroxylation sites is 1. The second-order valence-electron chi connectivity index (χ2n) is 5.74. The molecule has 2 aliphatic rings. The topological polar surface area (TPSA) is 58.4 Å². The van der Waals surface area contributed by atoms with E-state index >= 15 is 0 Å². The van der Waals surface area contributed by atoms with Crippen LogP contribution in [0.25, 0.3) is 0 Å². The van der Waals surface area contributed by atoms with E-state index in [-0.39, 0.29) is 16.7 Å². The fourth-order valence-corrected chi connectivity index (χ4v) is 3.37. The first-order valence-electron chi connectivity index (χ1n) is 7.45. The predicted octanol–water partition coefficient (Wildman–Crippen LogP) is 2.34. The van der Waals surface area contributed by atoms with Crippen molar-refractivity contribution in [3.8, 4) is 0 Å². The first-order chi connectivity index (χ1) is 9.77. The third-order valence-electron chi connectivity index (χ3n) is 4.59. The molecule has 0 aromatic heterocycles. The average Bonchev–Trinajstić information content (AvgIpc) is 2.43. The highest BCUT2D eigenvalue weighted by Gasteiger charge is 2.36. The summed E-state index contributed by atoms with van der Waals surface area (Å²) in [6.07, 6.45) is 3.65. The zero-order valence-corrected chi connectivity index (χ0v) is 11.6. The number of piperazine rings is 1. The van der Waals surface area contributed by atoms with Gasteiger partial charge < -0.3 is 5.32 Å². The molecule has 1 aliphatic carbocycles. The lowest BCUT2D eigenvalue weighted by Gasteiger charge is -2.43. The SMILES string of the molecule is O=[N+]([O-])c1ccccc1[C@H](C1CCC1)N1CCNCC1. The van der Waals surface area contributed by atoms with E-state index in [4.69, 9.17) is 0 Å². The predicted molar refractivity (Wildman–Crippen MR) is 77.6 cm³/mol. The van der Waals surface area contributed by atoms with Gasteiger partial charge in [-0.25, -0.2) is 0 Å². The van der Waals surface area contributed by atoms with Gasteiger partial charge >= 0.3 is 0 Å². The lowest BCUT2D eigenvalue weighted by atomic mass is 9.76. The van der Waals surface area contributed by atoms with E-state index in [1.165, 1.54) is 19.3 Å². The molecule has 20 heavy (non-hydrogen) atoms. The maximum absolute atomic E-state index is 11.3. The first kappa shape index (κ1) is 13.5. The zero-order valence-electron chi connectivity index (χ0n) is 11.6. The Morgan fingerprint density at radius 2 is 1.95 bits per heavy atom. The Bertz CT molecular complexity index is 482. The molecule has 1 aromatic rings. The molecule has 1 heterocycles. The highest BCUT2D eigenvalue weighted by molar-refractivity contribution is 5.42. The molecule has 5 heteroatoms. The van der Waals surface area contributed by atoms with Crippen LogP contribution in [0.3, 0.4) is 0 Å². The summed E-state index contributed by atoms with van der Waals surface area (Å²) in [4.78, 5) is 13.5. The number of rotatable bonds is 4. The minimum atomic E-state index is -0.233. The van der Waals surface area contributed by atoms with Gasteiger partial charge in [-0.15, -0.1) is 0 Å². The molecule has 1 N–H and O–H groups in total. The number of nitrogens with zero attached hydrogens (tertiary/aromatic N) is 2. The van der Waals surface area contributed by atoms with E-state index < -0.39 is 0 Å². The van der Waals surface area contributed by atoms with Gasteiger partial charge in [0.25, 0.3) is 5.69 Å². The van der Waals surface area contributed by atoms with E-state index in [2.05, 4.69) is 10.2 Å². The molecule has 1 aliphatic heterocycles. The van der Waals surface area contributed by atoms with Gasteiger partial charge in [-0.3, -0.25) is 15.0 Å². The molecule has 1 atom stereocenters. The molecule has 1 aromatic carbocycles. The quantitative estimate of drug-likeness (QED) is 0.677. The number of nitro benzene ring substituents is 1. The van der Waals surface area contributed by atoms with Gasteiger partial charge in [0.1, 0.15) is 0 Å². The second kappa shape index (κ2) is 5.89. The van der Waals surface area contributed by atoms with Crippen molar-refractivity contribution < 1.29 is 4.92 Å². The first-order valence-corrected chi connectivity index (χ1v) is 7.45. The van der Waals surface area contributed by atoms with Gasteiger partial charge in [-0.2, -0.15) is 0 Å². The van der Waals surface area contributed by atoms with E-state index in [1.54, 1.807) is 12.1 Å². The molecular formula is C15H21N3O2. The normalized spacial score (nSPS) is 22.2. The van der Waals surface area contributed by atoms with E-state index in [1.807, 2.05) is 12.1 Å². The summed E-state index contributed by atoms with van der Waals surface area (Å²) >= 11 is 0. The zero-order chi connectivity index (χ0) is 13.9. The summed E-state index contributed by atoms with van der Waals surface area (Å²) in [5.41, 5.74) is 1.19. The monoisotopic (exact) mass is 275 g/mol. The summed E-state index contributed by atoms with van der Waals surface area (Å²) in [7, 11) is 0. The van der Waals surface area contributed by atoms with Crippen molar-refractivity contribution in [3.05, 3.63) is 39.9 Å². The van der Waals surface area contributed by atoms with Gasteiger partial charge in [0.2, 0.25) is 0 Å². The van der Waals surface area contributed by atoms with Crippen LogP contribution in [0, 0.1) is 16.0 Å². The van der Waals surface area contributed by atoms with Gasteiger partial charge in [-0.05, 0) is 18.8 Å². The minimum Gasteiger partial charge on any atom is -0.314 e. The van der Waals surface area contributed by atoms with E-state index in [9.17, 15) is 10.1 Å². The minimum absolute atomic E-state index is 0.215. The van der Waals surface area contributed by atoms with Crippen LogP contribution in [-0.4, -0.2) is 36.0 Å². The Hall–Kier alpha value is -1.46. The summed E-state index contributed by atoms with van der Waals surface area (Å²) in [5.74, 6) is 0.578. The highest BCUT2D eigenvalue weighted by Crippen LogP contribution is 2.43. The third-order valence-corrected chi connectivity index (χ3v) is 4.59. The molecular weight excluding hydrogens is 254 g/mol. The lowest BCUT2D eigenvalue weighted by Crippen LogP contribution is -2.48. The third kappa shape index (κ3) is 2.55. The number of hydrogen-bond donors (Lipinski definition) is 1. The number of nitro groups is 1. The second-order valence-corrected chi connectivity index (χ2v) is 5.74. The van der Waals surface area contributed by atoms with Crippen LogP contribution in [0.2, 0.25) is 0 Å². The fourth-order valence-electron chi connectivity index (χ4n) is 3.37. The van der Waals surface area contributed by atoms with Crippen LogP contribution < -0.4 is 5.32 Å². The van der Waals surface area contributed by atoms with Crippen molar-refractivity contribution in [1.82, 2.24) is 10.2 Å². The maximum Gasteiger partial charge on any atom is 0.274 e. The van der Waals surface area contributed by atoms with Crippen molar-refractivity contribution >= 4 is 5.69 Å². The molecule has 1 saturated carbocycles. The van der Waals surface area contributed by atoms with Crippen LogP contribution in [0.15, 0.2) is 24.3 Å². The Balaban J connectivity index is 1.94. The molecule has 108 valence electrons. The molecule has 2 fully saturated rings. The van der Waals surface area contributed by atoms with Crippen LogP contribution in [0.1, 0.15) is 30.9 Å². The van der Waals surface area contributed by atoms with Crippen molar-refractivity contribution in [2.24, 2.45) is 5.92 Å². The molecule has 0 unspecified atom stereocenters. The Morgan fingerprint density at radius 3 is 2.55 bits per heavy atom. The lowest BCUT2D eigenvalue weighted by molar-refractivity contribution is -0.386. The Morgan fingerprint density at radius 1 is 1.25 bits per heavy atom. The molecule has 1 saturated heterocycles. The molecule has 0 bridgehead atoms. The van der Waals surface area contributed by atoms with E-state index in [0.29, 0.717) is 5.92 Å². The number of hydrogen-bond acceptors (Lipinski definition) is 4. The van der Waals surface area contributed by atoms with Crippen LogP contribution in [0.4, 0.5) is 5.69 Å². The van der Waals surface area contributed by atoms with Crippen LogP contribution >= 0.6 is 0 Å². The smallest absolute Gasteiger partial charge is 0.274 e. The average molecular weight is 275 g/mol. The van der Waals surface area contributed by atoms with Crippen molar-refractivity contribution in [3.63, 3.8) is 0 Å². The Kier molecular flexibility index (Phi) is 3.98. The highest BCUT2D eigenvalue weighted by atomic mass is 16.6. The number of nitrogens with one attached hydrogen (secondary N) is 1. The summed E-state index contributed by atoms with van der Waals surface area (Å²) in [6.45, 7) is 3.91. The van der Waals surface area contributed by atoms with Crippen LogP contribution in [0.5, 0.6) is 0 Å². The van der Waals surface area contributed by atoms with Gasteiger partial charge in [0, 0.05) is 43.9 Å². The van der Waals surface area contributed by atoms with Gasteiger partial charge in [0.15, 0.2) is 0 Å². The van der Waals surface area contributed by atoms with Crippen molar-refractivity contribution in [2.75, 3.05) is 26.2 Å². The molecule has 0 amide bonds. The van der Waals surface area contributed by atoms with E-state index in [0.717, 1.165) is 31.7 Å². The van der Waals surface area contributed by atoms with Crippen molar-refractivity contribution in [2.45, 2.75) is 25.3 Å². The Labute approximate surface area is 119 Å². The fraction of sp³-hybridized carbons (Fsp3) is 0.600. The van der Waals surface area contributed by atoms with Crippen LogP contribution in [-0.2, 0) is 0 Å². The van der Waals surface area contributed by atoms with Crippen molar-refractivity contribution in [1.29, 1.82) is 0 Å². The summed E-state index contributed by atoms with van der Waals surface area (Å²) in [6, 6.07) is 7.49. The standard InChI is InChI=1S/C15H21N3O2/c19-18(20)14-7-2-1-6-13(14)15(12-4-3-5-12)17-10-8-16-9-11-17/h1-2,6-7,12,15-16H,3-5,8-11H2/t15-/m0/s1. The van der Waals surface area contributed by atoms with Gasteiger partial charge in [0.05, 0.1) is 4.92 Å². The molecule has 0 radical (unpaired) electrons.